The van der Waals surface area contributed by atoms with Crippen molar-refractivity contribution in [3.63, 3.8) is 0 Å². The summed E-state index contributed by atoms with van der Waals surface area (Å²) in [6, 6.07) is 4.83. The summed E-state index contributed by atoms with van der Waals surface area (Å²) in [6.45, 7) is 4.01. The van der Waals surface area contributed by atoms with E-state index in [-0.39, 0.29) is 17.5 Å². The molecule has 0 bridgehead atoms. The van der Waals surface area contributed by atoms with Gasteiger partial charge in [0, 0.05) is 6.04 Å². The maximum Gasteiger partial charge on any atom is 0.254 e. The van der Waals surface area contributed by atoms with Gasteiger partial charge in [-0.2, -0.15) is 0 Å². The van der Waals surface area contributed by atoms with E-state index in [0.29, 0.717) is 5.92 Å². The van der Waals surface area contributed by atoms with Gasteiger partial charge in [-0.05, 0) is 37.8 Å². The van der Waals surface area contributed by atoms with Crippen LogP contribution in [0.15, 0.2) is 18.2 Å². The summed E-state index contributed by atoms with van der Waals surface area (Å²) in [7, 11) is 0. The quantitative estimate of drug-likeness (QED) is 0.854. The first kappa shape index (κ1) is 13.1. The summed E-state index contributed by atoms with van der Waals surface area (Å²) in [5.41, 5.74) is 1.06. The Hall–Kier alpha value is -1.38. The molecule has 98 valence electrons. The molecular weight excluding hydrogens is 229 g/mol. The molecule has 0 aliphatic heterocycles. The molecular formula is C15H20FNO. The minimum absolute atomic E-state index is 0.160. The monoisotopic (exact) mass is 249 g/mol. The standard InChI is InChI=1S/C15H20FNO/c1-10-7-8-13(16)12(9-10)15(18)17-14-6-4-3-5-11(14)2/h7-9,11,14H,3-6H2,1-2H3,(H,17,18). The number of rotatable bonds is 2. The smallest absolute Gasteiger partial charge is 0.254 e. The Morgan fingerprint density at radius 1 is 1.33 bits per heavy atom. The van der Waals surface area contributed by atoms with Crippen LogP contribution in [0.2, 0.25) is 0 Å². The summed E-state index contributed by atoms with van der Waals surface area (Å²) in [6.07, 6.45) is 4.51. The number of aryl methyl sites for hydroxylation is 1. The lowest BCUT2D eigenvalue weighted by atomic mass is 9.86. The topological polar surface area (TPSA) is 29.1 Å². The van der Waals surface area contributed by atoms with Crippen LogP contribution in [0.5, 0.6) is 0 Å². The lowest BCUT2D eigenvalue weighted by molar-refractivity contribution is 0.0906. The molecule has 2 unspecified atom stereocenters. The van der Waals surface area contributed by atoms with Gasteiger partial charge in [-0.15, -0.1) is 0 Å². The lowest BCUT2D eigenvalue weighted by Gasteiger charge is -2.29. The molecule has 2 rings (SSSR count). The van der Waals surface area contributed by atoms with Crippen LogP contribution in [-0.2, 0) is 0 Å². The fraction of sp³-hybridized carbons (Fsp3) is 0.533. The number of hydrogen-bond acceptors (Lipinski definition) is 1. The number of hydrogen-bond donors (Lipinski definition) is 1. The number of carbonyl (C=O) groups is 1. The molecule has 3 heteroatoms. The fourth-order valence-corrected chi connectivity index (χ4v) is 2.59. The highest BCUT2D eigenvalue weighted by Crippen LogP contribution is 2.24. The van der Waals surface area contributed by atoms with Crippen molar-refractivity contribution in [2.24, 2.45) is 5.92 Å². The van der Waals surface area contributed by atoms with Crippen LogP contribution in [0.25, 0.3) is 0 Å². The van der Waals surface area contributed by atoms with Crippen LogP contribution < -0.4 is 5.32 Å². The average Bonchev–Trinajstić information content (AvgIpc) is 2.35. The van der Waals surface area contributed by atoms with Crippen molar-refractivity contribution < 1.29 is 9.18 Å². The first-order valence-electron chi connectivity index (χ1n) is 6.65. The second-order valence-electron chi connectivity index (χ2n) is 5.32. The molecule has 0 spiro atoms. The third-order valence-corrected chi connectivity index (χ3v) is 3.79. The maximum absolute atomic E-state index is 13.6. The van der Waals surface area contributed by atoms with Crippen LogP contribution in [0.1, 0.15) is 48.5 Å². The summed E-state index contributed by atoms with van der Waals surface area (Å²) < 4.78 is 13.6. The van der Waals surface area contributed by atoms with E-state index in [1.165, 1.54) is 12.5 Å². The van der Waals surface area contributed by atoms with Gasteiger partial charge in [0.1, 0.15) is 5.82 Å². The molecule has 1 aliphatic rings. The van der Waals surface area contributed by atoms with Crippen molar-refractivity contribution in [3.05, 3.63) is 35.1 Å². The van der Waals surface area contributed by atoms with Gasteiger partial charge >= 0.3 is 0 Å². The first-order valence-corrected chi connectivity index (χ1v) is 6.65. The predicted molar refractivity (Wildman–Crippen MR) is 70.0 cm³/mol. The number of benzene rings is 1. The highest BCUT2D eigenvalue weighted by molar-refractivity contribution is 5.94. The summed E-state index contributed by atoms with van der Waals surface area (Å²) in [5, 5.41) is 2.97. The van der Waals surface area contributed by atoms with Crippen molar-refractivity contribution >= 4 is 5.91 Å². The molecule has 1 N–H and O–H groups in total. The normalized spacial score (nSPS) is 23.7. The van der Waals surface area contributed by atoms with Crippen LogP contribution >= 0.6 is 0 Å². The van der Waals surface area contributed by atoms with Crippen molar-refractivity contribution in [2.45, 2.75) is 45.6 Å². The van der Waals surface area contributed by atoms with Gasteiger partial charge < -0.3 is 5.32 Å². The Balaban J connectivity index is 2.09. The van der Waals surface area contributed by atoms with Gasteiger partial charge in [0.25, 0.3) is 5.91 Å². The molecule has 1 fully saturated rings. The van der Waals surface area contributed by atoms with Gasteiger partial charge in [-0.1, -0.05) is 31.4 Å². The van der Waals surface area contributed by atoms with Gasteiger partial charge in [0.05, 0.1) is 5.56 Å². The Labute approximate surface area is 108 Å². The van der Waals surface area contributed by atoms with Crippen molar-refractivity contribution in [2.75, 3.05) is 0 Å². The van der Waals surface area contributed by atoms with Gasteiger partial charge in [0.2, 0.25) is 0 Å². The molecule has 1 saturated carbocycles. The third kappa shape index (κ3) is 2.89. The number of amides is 1. The predicted octanol–water partition coefficient (Wildman–Crippen LogP) is 3.44. The molecule has 18 heavy (non-hydrogen) atoms. The Bertz CT molecular complexity index is 444. The van der Waals surface area contributed by atoms with Crippen LogP contribution in [-0.4, -0.2) is 11.9 Å². The van der Waals surface area contributed by atoms with E-state index >= 15 is 0 Å². The van der Waals surface area contributed by atoms with Gasteiger partial charge in [-0.3, -0.25) is 4.79 Å². The molecule has 0 aromatic heterocycles. The second kappa shape index (κ2) is 5.51. The van der Waals surface area contributed by atoms with E-state index in [9.17, 15) is 9.18 Å². The minimum atomic E-state index is -0.443. The maximum atomic E-state index is 13.6. The largest absolute Gasteiger partial charge is 0.349 e. The van der Waals surface area contributed by atoms with Crippen LogP contribution in [0, 0.1) is 18.7 Å². The van der Waals surface area contributed by atoms with Crippen molar-refractivity contribution in [1.29, 1.82) is 0 Å². The second-order valence-corrected chi connectivity index (χ2v) is 5.32. The van der Waals surface area contributed by atoms with E-state index in [0.717, 1.165) is 24.8 Å². The van der Waals surface area contributed by atoms with Gasteiger partial charge in [0.15, 0.2) is 0 Å². The van der Waals surface area contributed by atoms with Crippen LogP contribution in [0.3, 0.4) is 0 Å². The van der Waals surface area contributed by atoms with Crippen molar-refractivity contribution in [3.8, 4) is 0 Å². The van der Waals surface area contributed by atoms with E-state index in [1.807, 2.05) is 6.92 Å². The third-order valence-electron chi connectivity index (χ3n) is 3.79. The van der Waals surface area contributed by atoms with Crippen molar-refractivity contribution in [1.82, 2.24) is 5.32 Å². The van der Waals surface area contributed by atoms with E-state index in [4.69, 9.17) is 0 Å². The SMILES string of the molecule is Cc1ccc(F)c(C(=O)NC2CCCCC2C)c1. The average molecular weight is 249 g/mol. The fourth-order valence-electron chi connectivity index (χ4n) is 2.59. The lowest BCUT2D eigenvalue weighted by Crippen LogP contribution is -2.41. The van der Waals surface area contributed by atoms with E-state index in [1.54, 1.807) is 12.1 Å². The van der Waals surface area contributed by atoms with E-state index in [2.05, 4.69) is 12.2 Å². The van der Waals surface area contributed by atoms with E-state index < -0.39 is 5.82 Å². The number of carbonyl (C=O) groups excluding carboxylic acids is 1. The highest BCUT2D eigenvalue weighted by atomic mass is 19.1. The Morgan fingerprint density at radius 2 is 2.06 bits per heavy atom. The minimum Gasteiger partial charge on any atom is -0.349 e. The van der Waals surface area contributed by atoms with Gasteiger partial charge in [-0.25, -0.2) is 4.39 Å². The summed E-state index contributed by atoms with van der Waals surface area (Å²) in [4.78, 5) is 12.1. The highest BCUT2D eigenvalue weighted by Gasteiger charge is 2.24. The molecule has 2 atom stereocenters. The Kier molecular flexibility index (Phi) is 4.00. The number of halogens is 1. The molecule has 2 nitrogen and oxygen atoms in total. The number of nitrogens with one attached hydrogen (secondary N) is 1. The molecule has 1 amide bonds. The molecule has 0 radical (unpaired) electrons. The molecule has 0 saturated heterocycles. The summed E-state index contributed by atoms with van der Waals surface area (Å²) in [5.74, 6) is -0.243. The zero-order valence-corrected chi connectivity index (χ0v) is 11.0. The summed E-state index contributed by atoms with van der Waals surface area (Å²) >= 11 is 0. The molecule has 1 aromatic carbocycles. The molecule has 0 heterocycles. The zero-order valence-electron chi connectivity index (χ0n) is 11.0. The van der Waals surface area contributed by atoms with Crippen LogP contribution in [0.4, 0.5) is 4.39 Å². The molecule has 1 aliphatic carbocycles. The zero-order chi connectivity index (χ0) is 13.1. The Morgan fingerprint density at radius 3 is 2.78 bits per heavy atom. The first-order chi connectivity index (χ1) is 8.58. The molecule has 1 aromatic rings.